The van der Waals surface area contributed by atoms with Crippen molar-refractivity contribution in [3.05, 3.63) is 59.6 Å². The van der Waals surface area contributed by atoms with Crippen molar-refractivity contribution in [2.24, 2.45) is 0 Å². The third kappa shape index (κ3) is 0.919. The summed E-state index contributed by atoms with van der Waals surface area (Å²) in [6.07, 6.45) is -1.43. The van der Waals surface area contributed by atoms with Gasteiger partial charge in [-0.1, -0.05) is 48.5 Å². The minimum atomic E-state index is -1.43. The molecule has 0 aromatic heterocycles. The Labute approximate surface area is 82.1 Å². The van der Waals surface area contributed by atoms with Gasteiger partial charge in [-0.25, -0.2) is 0 Å². The maximum Gasteiger partial charge on any atom is 0.0623 e. The molecular weight excluding hydrogens is 156 g/mol. The lowest BCUT2D eigenvalue weighted by molar-refractivity contribution is 1.26. The lowest BCUT2D eigenvalue weighted by Gasteiger charge is -1.98. The number of rotatable bonds is 0. The number of hydrogen-bond donors (Lipinski definition) is 0. The molecule has 0 saturated carbocycles. The van der Waals surface area contributed by atoms with Crippen LogP contribution >= 0.6 is 0 Å². The molecule has 0 amide bonds. The van der Waals surface area contributed by atoms with Gasteiger partial charge in [-0.15, -0.1) is 0 Å². The molecule has 62 valence electrons. The molecule has 1 aliphatic rings. The summed E-state index contributed by atoms with van der Waals surface area (Å²) >= 11 is 0. The Morgan fingerprint density at radius 3 is 2.54 bits per heavy atom. The van der Waals surface area contributed by atoms with Crippen LogP contribution in [0.15, 0.2) is 48.5 Å². The average Bonchev–Trinajstić information content (AvgIpc) is 2.49. The Balaban J connectivity index is 2.40. The molecule has 3 rings (SSSR count). The summed E-state index contributed by atoms with van der Waals surface area (Å²) in [6.45, 7) is 0. The van der Waals surface area contributed by atoms with Crippen LogP contribution in [-0.2, 0) is 6.37 Å². The first-order valence-corrected chi connectivity index (χ1v) is 4.32. The van der Waals surface area contributed by atoms with E-state index in [9.17, 15) is 0 Å². The van der Waals surface area contributed by atoms with Gasteiger partial charge in [0, 0.05) is 2.74 Å². The zero-order valence-corrected chi connectivity index (χ0v) is 7.04. The molecule has 0 heterocycles. The first-order chi connectivity index (χ1) is 7.60. The lowest BCUT2D eigenvalue weighted by Crippen LogP contribution is -1.77. The highest BCUT2D eigenvalue weighted by molar-refractivity contribution is 5.76. The molecule has 0 heteroatoms. The van der Waals surface area contributed by atoms with E-state index in [0.29, 0.717) is 17.2 Å². The second-order valence-corrected chi connectivity index (χ2v) is 3.14. The first-order valence-electron chi connectivity index (χ1n) is 5.82. The highest BCUT2D eigenvalue weighted by Crippen LogP contribution is 2.35. The maximum atomic E-state index is 8.13. The summed E-state index contributed by atoms with van der Waals surface area (Å²) in [5, 5.41) is 0. The molecule has 0 spiro atoms. The van der Waals surface area contributed by atoms with Gasteiger partial charge in [0.2, 0.25) is 0 Å². The van der Waals surface area contributed by atoms with Gasteiger partial charge in [-0.2, -0.15) is 0 Å². The quantitative estimate of drug-likeness (QED) is 0.572. The molecule has 13 heavy (non-hydrogen) atoms. The molecule has 0 atom stereocenters. The highest BCUT2D eigenvalue weighted by atomic mass is 14.2. The molecule has 2 aromatic carbocycles. The monoisotopic (exact) mass is 172 g/mol. The molecule has 0 fully saturated rings. The highest BCUT2D eigenvalue weighted by Gasteiger charge is 2.15. The van der Waals surface area contributed by atoms with Crippen molar-refractivity contribution >= 4 is 0 Å². The van der Waals surface area contributed by atoms with Gasteiger partial charge < -0.3 is 0 Å². The summed E-state index contributed by atoms with van der Waals surface area (Å²) < 4.78 is 23.9. The lowest BCUT2D eigenvalue weighted by atomic mass is 10.1. The van der Waals surface area contributed by atoms with E-state index in [1.54, 1.807) is 18.2 Å². The van der Waals surface area contributed by atoms with Crippen LogP contribution in [-0.4, -0.2) is 0 Å². The number of fused-ring (bicyclic) bond motifs is 3. The van der Waals surface area contributed by atoms with E-state index >= 15 is 0 Å². The van der Waals surface area contributed by atoms with E-state index in [1.807, 2.05) is 24.3 Å². The maximum absolute atomic E-state index is 8.13. The predicted octanol–water partition coefficient (Wildman–Crippen LogP) is 3.26. The molecule has 0 radical (unpaired) electrons. The van der Waals surface area contributed by atoms with Gasteiger partial charge in [0.25, 0.3) is 0 Å². The Morgan fingerprint density at radius 2 is 1.62 bits per heavy atom. The van der Waals surface area contributed by atoms with Crippen LogP contribution in [0, 0.1) is 0 Å². The Morgan fingerprint density at radius 1 is 0.923 bits per heavy atom. The fraction of sp³-hybridized carbons (Fsp3) is 0.0769. The molecule has 0 nitrogen and oxygen atoms in total. The Kier molecular flexibility index (Phi) is 0.874. The smallest absolute Gasteiger partial charge is 0.0619 e. The summed E-state index contributed by atoms with van der Waals surface area (Å²) in [6, 6.07) is 13.0. The standard InChI is InChI=1S/C13H10/c1-3-7-12-10(5-1)9-11-6-2-4-8-13(11)12/h1-8H,9H2/i3T,9T2. The predicted molar refractivity (Wildman–Crippen MR) is 54.7 cm³/mol. The molecule has 0 aliphatic heterocycles. The van der Waals surface area contributed by atoms with E-state index < -0.39 is 6.37 Å². The summed E-state index contributed by atoms with van der Waals surface area (Å²) in [4.78, 5) is 0. The largest absolute Gasteiger partial charge is 0.0623 e. The topological polar surface area (TPSA) is 0 Å². The fourth-order valence-corrected chi connectivity index (χ4v) is 1.73. The van der Waals surface area contributed by atoms with Crippen molar-refractivity contribution in [2.45, 2.75) is 6.37 Å². The Bertz CT molecular complexity index is 573. The van der Waals surface area contributed by atoms with Crippen LogP contribution < -0.4 is 0 Å². The zero-order chi connectivity index (χ0) is 11.3. The third-order valence-corrected chi connectivity index (χ3v) is 2.35. The van der Waals surface area contributed by atoms with Gasteiger partial charge in [-0.3, -0.25) is 0 Å². The van der Waals surface area contributed by atoms with Gasteiger partial charge in [-0.05, 0) is 28.6 Å². The fourth-order valence-electron chi connectivity index (χ4n) is 1.73. The SMILES string of the molecule is [3H]c1ccc2c(c1)-c1ccccc1C2([3H])[3H]. The molecule has 0 bridgehead atoms. The number of hydrogen-bond acceptors (Lipinski definition) is 0. The summed E-state index contributed by atoms with van der Waals surface area (Å²) in [5.74, 6) is 0. The van der Waals surface area contributed by atoms with Crippen LogP contribution in [0.2, 0.25) is 0 Å². The van der Waals surface area contributed by atoms with E-state index in [4.69, 9.17) is 4.11 Å². The van der Waals surface area contributed by atoms with Crippen molar-refractivity contribution in [3.63, 3.8) is 0 Å². The second-order valence-electron chi connectivity index (χ2n) is 3.14. The van der Waals surface area contributed by atoms with Gasteiger partial charge >= 0.3 is 0 Å². The minimum Gasteiger partial charge on any atom is -0.0619 e. The Hall–Kier alpha value is -1.56. The van der Waals surface area contributed by atoms with Crippen molar-refractivity contribution in [2.75, 3.05) is 0 Å². The normalized spacial score (nSPS) is 19.5. The van der Waals surface area contributed by atoms with E-state index in [-0.39, 0.29) is 0 Å². The van der Waals surface area contributed by atoms with Gasteiger partial charge in [0.1, 0.15) is 0 Å². The van der Waals surface area contributed by atoms with E-state index in [0.717, 1.165) is 11.1 Å². The first kappa shape index (κ1) is 4.61. The van der Waals surface area contributed by atoms with Crippen molar-refractivity contribution in [3.8, 4) is 11.1 Å². The molecular formula is C13H10. The van der Waals surface area contributed by atoms with Crippen LogP contribution in [0.25, 0.3) is 11.1 Å². The minimum absolute atomic E-state index is 0.422. The summed E-state index contributed by atoms with van der Waals surface area (Å²) in [5.41, 5.74) is 3.14. The molecule has 1 aliphatic carbocycles. The van der Waals surface area contributed by atoms with Crippen LogP contribution in [0.4, 0.5) is 0 Å². The van der Waals surface area contributed by atoms with Crippen molar-refractivity contribution in [1.29, 1.82) is 0 Å². The van der Waals surface area contributed by atoms with Crippen LogP contribution in [0.3, 0.4) is 0 Å². The van der Waals surface area contributed by atoms with Crippen molar-refractivity contribution in [1.82, 2.24) is 0 Å². The molecule has 0 saturated heterocycles. The number of benzene rings is 2. The molecule has 2 aromatic rings. The van der Waals surface area contributed by atoms with Crippen LogP contribution in [0.5, 0.6) is 0 Å². The van der Waals surface area contributed by atoms with E-state index in [2.05, 4.69) is 0 Å². The summed E-state index contributed by atoms with van der Waals surface area (Å²) in [7, 11) is 0. The van der Waals surface area contributed by atoms with Gasteiger partial charge in [0.05, 0.1) is 1.37 Å². The van der Waals surface area contributed by atoms with E-state index in [1.165, 1.54) is 0 Å². The van der Waals surface area contributed by atoms with Crippen LogP contribution in [0.1, 0.15) is 15.2 Å². The van der Waals surface area contributed by atoms with Gasteiger partial charge in [0.15, 0.2) is 0 Å². The second kappa shape index (κ2) is 2.46. The molecule has 0 unspecified atom stereocenters. The third-order valence-electron chi connectivity index (χ3n) is 2.35. The molecule has 0 N–H and O–H groups in total. The van der Waals surface area contributed by atoms with Crippen molar-refractivity contribution < 1.29 is 4.11 Å². The zero-order valence-electron chi connectivity index (χ0n) is 10.0. The average molecular weight is 172 g/mol.